The van der Waals surface area contributed by atoms with Gasteiger partial charge in [0, 0.05) is 0 Å². The van der Waals surface area contributed by atoms with Gasteiger partial charge in [0.15, 0.2) is 17.6 Å². The maximum Gasteiger partial charge on any atom is 0.265 e. The average Bonchev–Trinajstić information content (AvgIpc) is 2.83. The molecule has 0 spiro atoms. The summed E-state index contributed by atoms with van der Waals surface area (Å²) in [5, 5.41) is 5.83. The van der Waals surface area contributed by atoms with Crippen molar-refractivity contribution >= 4 is 17.5 Å². The first-order valence-corrected chi connectivity index (χ1v) is 10.6. The quantitative estimate of drug-likeness (QED) is 0.500. The van der Waals surface area contributed by atoms with Crippen LogP contribution in [0.1, 0.15) is 42.2 Å². The zero-order chi connectivity index (χ0) is 22.9. The van der Waals surface area contributed by atoms with Gasteiger partial charge in [0.25, 0.3) is 11.8 Å². The van der Waals surface area contributed by atoms with Crippen LogP contribution < -0.4 is 20.1 Å². The molecule has 6 heteroatoms. The molecular formula is C26H28N2O4. The van der Waals surface area contributed by atoms with E-state index in [-0.39, 0.29) is 17.9 Å². The van der Waals surface area contributed by atoms with Crippen LogP contribution in [0.3, 0.4) is 0 Å². The summed E-state index contributed by atoms with van der Waals surface area (Å²) < 4.78 is 11.2. The first kappa shape index (κ1) is 22.9. The van der Waals surface area contributed by atoms with Crippen LogP contribution in [0.15, 0.2) is 78.9 Å². The van der Waals surface area contributed by atoms with E-state index in [1.54, 1.807) is 43.5 Å². The number of rotatable bonds is 9. The molecule has 3 aromatic rings. The van der Waals surface area contributed by atoms with Crippen molar-refractivity contribution in [3.8, 4) is 11.5 Å². The highest BCUT2D eigenvalue weighted by molar-refractivity contribution is 6.04. The van der Waals surface area contributed by atoms with Crippen molar-refractivity contribution in [3.63, 3.8) is 0 Å². The third kappa shape index (κ3) is 5.66. The van der Waals surface area contributed by atoms with Gasteiger partial charge in [-0.1, -0.05) is 61.5 Å². The molecule has 2 amide bonds. The van der Waals surface area contributed by atoms with Crippen LogP contribution in [0.5, 0.6) is 11.5 Å². The number of carbonyl (C=O) groups is 2. The molecule has 0 saturated carbocycles. The molecule has 0 heterocycles. The number of para-hydroxylation sites is 3. The Bertz CT molecular complexity index is 1050. The number of nitrogens with one attached hydrogen (secondary N) is 2. The molecule has 0 aliphatic carbocycles. The minimum atomic E-state index is -0.745. The molecule has 3 rings (SSSR count). The average molecular weight is 433 g/mol. The highest BCUT2D eigenvalue weighted by atomic mass is 16.5. The fourth-order valence-corrected chi connectivity index (χ4v) is 3.29. The molecular weight excluding hydrogens is 404 g/mol. The Morgan fingerprint density at radius 2 is 1.50 bits per heavy atom. The molecule has 0 bridgehead atoms. The zero-order valence-electron chi connectivity index (χ0n) is 18.5. The second-order valence-electron chi connectivity index (χ2n) is 7.31. The normalized spacial score (nSPS) is 12.3. The fourth-order valence-electron chi connectivity index (χ4n) is 3.29. The number of benzene rings is 3. The SMILES string of the molecule is CC[C@H](Oc1ccccc1OC)C(=O)Nc1ccccc1C(=O)N[C@H](C)c1ccccc1. The number of methoxy groups -OCH3 is 1. The monoisotopic (exact) mass is 432 g/mol. The summed E-state index contributed by atoms with van der Waals surface area (Å²) in [5.41, 5.74) is 1.81. The van der Waals surface area contributed by atoms with Crippen molar-refractivity contribution < 1.29 is 19.1 Å². The Morgan fingerprint density at radius 1 is 0.875 bits per heavy atom. The van der Waals surface area contributed by atoms with Gasteiger partial charge in [0.2, 0.25) is 0 Å². The van der Waals surface area contributed by atoms with Gasteiger partial charge in [0.1, 0.15) is 0 Å². The van der Waals surface area contributed by atoms with Gasteiger partial charge in [-0.3, -0.25) is 9.59 Å². The van der Waals surface area contributed by atoms with E-state index >= 15 is 0 Å². The Kier molecular flexibility index (Phi) is 7.86. The smallest absolute Gasteiger partial charge is 0.265 e. The molecule has 6 nitrogen and oxygen atoms in total. The lowest BCUT2D eigenvalue weighted by Crippen LogP contribution is -2.34. The number of carbonyl (C=O) groups excluding carboxylic acids is 2. The van der Waals surface area contributed by atoms with Crippen LogP contribution in [0, 0.1) is 0 Å². The van der Waals surface area contributed by atoms with Gasteiger partial charge in [-0.2, -0.15) is 0 Å². The van der Waals surface area contributed by atoms with Gasteiger partial charge in [0.05, 0.1) is 24.4 Å². The standard InChI is InChI=1S/C26H28N2O4/c1-4-22(32-24-17-11-10-16-23(24)31-3)26(30)28-21-15-9-8-14-20(21)25(29)27-18(2)19-12-6-5-7-13-19/h5-18,22H,4H2,1-3H3,(H,27,29)(H,28,30)/t18-,22+/m1/s1. The van der Waals surface area contributed by atoms with E-state index in [0.29, 0.717) is 29.2 Å². The summed E-state index contributed by atoms with van der Waals surface area (Å²) in [7, 11) is 1.55. The van der Waals surface area contributed by atoms with E-state index in [0.717, 1.165) is 5.56 Å². The summed E-state index contributed by atoms with van der Waals surface area (Å²) >= 11 is 0. The van der Waals surface area contributed by atoms with Crippen molar-refractivity contribution in [1.82, 2.24) is 5.32 Å². The van der Waals surface area contributed by atoms with Crippen LogP contribution in [0.4, 0.5) is 5.69 Å². The van der Waals surface area contributed by atoms with Gasteiger partial charge in [-0.05, 0) is 43.2 Å². The van der Waals surface area contributed by atoms with Crippen molar-refractivity contribution in [2.45, 2.75) is 32.4 Å². The molecule has 2 atom stereocenters. The minimum Gasteiger partial charge on any atom is -0.493 e. The van der Waals surface area contributed by atoms with Gasteiger partial charge < -0.3 is 20.1 Å². The highest BCUT2D eigenvalue weighted by Gasteiger charge is 2.22. The summed E-state index contributed by atoms with van der Waals surface area (Å²) in [6.45, 7) is 3.78. The summed E-state index contributed by atoms with van der Waals surface area (Å²) in [5.74, 6) is 0.429. The van der Waals surface area contributed by atoms with Crippen molar-refractivity contribution in [1.29, 1.82) is 0 Å². The Balaban J connectivity index is 1.73. The molecule has 0 aliphatic rings. The van der Waals surface area contributed by atoms with Crippen molar-refractivity contribution in [2.24, 2.45) is 0 Å². The van der Waals surface area contributed by atoms with Gasteiger partial charge in [-0.25, -0.2) is 0 Å². The fraction of sp³-hybridized carbons (Fsp3) is 0.231. The van der Waals surface area contributed by atoms with Crippen molar-refractivity contribution in [2.75, 3.05) is 12.4 Å². The van der Waals surface area contributed by atoms with Crippen LogP contribution in [0.25, 0.3) is 0 Å². The van der Waals surface area contributed by atoms with Crippen LogP contribution in [-0.4, -0.2) is 25.0 Å². The molecule has 0 fully saturated rings. The second-order valence-corrected chi connectivity index (χ2v) is 7.31. The van der Waals surface area contributed by atoms with E-state index in [1.807, 2.05) is 56.3 Å². The molecule has 0 saturated heterocycles. The number of ether oxygens (including phenoxy) is 2. The molecule has 166 valence electrons. The minimum absolute atomic E-state index is 0.176. The third-order valence-corrected chi connectivity index (χ3v) is 5.08. The van der Waals surface area contributed by atoms with Crippen LogP contribution in [-0.2, 0) is 4.79 Å². The molecule has 0 aliphatic heterocycles. The Labute approximate surface area is 188 Å². The maximum atomic E-state index is 13.0. The predicted octanol–water partition coefficient (Wildman–Crippen LogP) is 4.98. The number of anilines is 1. The van der Waals surface area contributed by atoms with E-state index in [2.05, 4.69) is 10.6 Å². The molecule has 0 unspecified atom stereocenters. The van der Waals surface area contributed by atoms with Gasteiger partial charge in [-0.15, -0.1) is 0 Å². The van der Waals surface area contributed by atoms with E-state index in [1.165, 1.54) is 0 Å². The summed E-state index contributed by atoms with van der Waals surface area (Å²) in [6.07, 6.45) is -0.297. The van der Waals surface area contributed by atoms with E-state index in [4.69, 9.17) is 9.47 Å². The van der Waals surface area contributed by atoms with E-state index in [9.17, 15) is 9.59 Å². The maximum absolute atomic E-state index is 13.0. The largest absolute Gasteiger partial charge is 0.493 e. The highest BCUT2D eigenvalue weighted by Crippen LogP contribution is 2.28. The number of amides is 2. The predicted molar refractivity (Wildman–Crippen MR) is 125 cm³/mol. The molecule has 2 N–H and O–H groups in total. The first-order valence-electron chi connectivity index (χ1n) is 10.6. The van der Waals surface area contributed by atoms with Gasteiger partial charge >= 0.3 is 0 Å². The van der Waals surface area contributed by atoms with Crippen LogP contribution >= 0.6 is 0 Å². The number of hydrogen-bond donors (Lipinski definition) is 2. The second kappa shape index (κ2) is 11.0. The lowest BCUT2D eigenvalue weighted by Gasteiger charge is -2.20. The van der Waals surface area contributed by atoms with Crippen LogP contribution in [0.2, 0.25) is 0 Å². The Hall–Kier alpha value is -3.80. The first-order chi connectivity index (χ1) is 15.5. The molecule has 3 aromatic carbocycles. The Morgan fingerprint density at radius 3 is 2.19 bits per heavy atom. The lowest BCUT2D eigenvalue weighted by atomic mass is 10.1. The van der Waals surface area contributed by atoms with Crippen molar-refractivity contribution in [3.05, 3.63) is 90.0 Å². The molecule has 32 heavy (non-hydrogen) atoms. The van der Waals surface area contributed by atoms with E-state index < -0.39 is 6.10 Å². The molecule has 0 aromatic heterocycles. The third-order valence-electron chi connectivity index (χ3n) is 5.08. The number of hydrogen-bond acceptors (Lipinski definition) is 4. The molecule has 0 radical (unpaired) electrons. The summed E-state index contributed by atoms with van der Waals surface area (Å²) in [6, 6.07) is 23.6. The topological polar surface area (TPSA) is 76.7 Å². The zero-order valence-corrected chi connectivity index (χ0v) is 18.5. The lowest BCUT2D eigenvalue weighted by molar-refractivity contribution is -0.122. The summed E-state index contributed by atoms with van der Waals surface area (Å²) in [4.78, 5) is 25.9.